The molecule has 2 amide bonds. The van der Waals surface area contributed by atoms with Gasteiger partial charge in [-0.2, -0.15) is 0 Å². The molecule has 3 atom stereocenters. The lowest BCUT2D eigenvalue weighted by molar-refractivity contribution is 0.111. The van der Waals surface area contributed by atoms with E-state index in [9.17, 15) is 9.18 Å². The van der Waals surface area contributed by atoms with Gasteiger partial charge in [0.25, 0.3) is 0 Å². The van der Waals surface area contributed by atoms with Crippen LogP contribution in [0.5, 0.6) is 5.75 Å². The van der Waals surface area contributed by atoms with Crippen LogP contribution in [0.15, 0.2) is 53.5 Å². The van der Waals surface area contributed by atoms with Gasteiger partial charge in [0.2, 0.25) is 0 Å². The first-order chi connectivity index (χ1) is 18.7. The van der Waals surface area contributed by atoms with Crippen molar-refractivity contribution in [2.24, 2.45) is 4.99 Å². The molecule has 2 aromatic rings. The molecule has 0 bridgehead atoms. The molecule has 1 saturated carbocycles. The minimum atomic E-state index is -0.643. The highest BCUT2D eigenvalue weighted by Gasteiger charge is 2.58. The first kappa shape index (κ1) is 28.3. The van der Waals surface area contributed by atoms with Gasteiger partial charge in [0.05, 0.1) is 15.7 Å². The fourth-order valence-electron chi connectivity index (χ4n) is 6.28. The second-order valence-electron chi connectivity index (χ2n) is 11.5. The van der Waals surface area contributed by atoms with Gasteiger partial charge in [-0.15, -0.1) is 0 Å². The first-order valence-electron chi connectivity index (χ1n) is 14.3. The molecule has 8 heteroatoms. The number of amides is 2. The third-order valence-corrected chi connectivity index (χ3v) is 9.57. The van der Waals surface area contributed by atoms with E-state index < -0.39 is 5.54 Å². The Balaban J connectivity index is 1.45. The number of nitrogens with one attached hydrogen (secondary N) is 1. The first-order valence-corrected chi connectivity index (χ1v) is 15.4. The van der Waals surface area contributed by atoms with Crippen molar-refractivity contribution in [3.63, 3.8) is 0 Å². The summed E-state index contributed by atoms with van der Waals surface area (Å²) >= 11 is 2.54. The van der Waals surface area contributed by atoms with Crippen molar-refractivity contribution in [3.8, 4) is 5.75 Å². The number of anilines is 1. The van der Waals surface area contributed by atoms with Crippen molar-refractivity contribution in [2.75, 3.05) is 11.4 Å². The van der Waals surface area contributed by atoms with Crippen molar-refractivity contribution in [1.82, 2.24) is 10.2 Å². The number of rotatable bonds is 7. The quantitative estimate of drug-likeness (QED) is 0.193. The molecular formula is C31H40FIN4O2. The van der Waals surface area contributed by atoms with E-state index in [4.69, 9.17) is 9.73 Å². The molecule has 0 radical (unpaired) electrons. The van der Waals surface area contributed by atoms with Gasteiger partial charge in [-0.1, -0.05) is 67.0 Å². The number of halogens is 2. The number of piperidine rings is 1. The second kappa shape index (κ2) is 11.7. The molecule has 2 saturated heterocycles. The predicted molar refractivity (Wildman–Crippen MR) is 163 cm³/mol. The van der Waals surface area contributed by atoms with E-state index in [1.807, 2.05) is 12.1 Å². The van der Waals surface area contributed by atoms with Crippen LogP contribution < -0.4 is 15.0 Å². The van der Waals surface area contributed by atoms with E-state index in [0.717, 1.165) is 50.4 Å². The van der Waals surface area contributed by atoms with Crippen LogP contribution in [0.4, 0.5) is 14.9 Å². The average Bonchev–Trinajstić information content (AvgIpc) is 3.15. The number of amidine groups is 1. The zero-order valence-electron chi connectivity index (χ0n) is 23.3. The largest absolute Gasteiger partial charge is 0.491 e. The summed E-state index contributed by atoms with van der Waals surface area (Å²) < 4.78 is 20.2. The molecule has 2 heterocycles. The summed E-state index contributed by atoms with van der Waals surface area (Å²) in [6.07, 6.45) is 8.24. The van der Waals surface area contributed by atoms with E-state index in [-0.39, 0.29) is 27.5 Å². The molecule has 210 valence electrons. The van der Waals surface area contributed by atoms with Crippen molar-refractivity contribution in [2.45, 2.75) is 99.9 Å². The number of ether oxygens (including phenoxy) is 1. The van der Waals surface area contributed by atoms with E-state index in [2.05, 4.69) is 71.8 Å². The van der Waals surface area contributed by atoms with Gasteiger partial charge < -0.3 is 4.74 Å². The molecule has 3 aliphatic rings. The van der Waals surface area contributed by atoms with Crippen LogP contribution in [-0.2, 0) is 6.54 Å². The lowest BCUT2D eigenvalue weighted by atomic mass is 9.81. The normalized spacial score (nSPS) is 28.2. The third-order valence-electron chi connectivity index (χ3n) is 8.50. The van der Waals surface area contributed by atoms with Crippen molar-refractivity contribution < 1.29 is 13.9 Å². The van der Waals surface area contributed by atoms with E-state index in [1.165, 1.54) is 37.0 Å². The number of benzene rings is 2. The fourth-order valence-corrected chi connectivity index (χ4v) is 7.32. The minimum Gasteiger partial charge on any atom is -0.491 e. The maximum atomic E-state index is 14.4. The van der Waals surface area contributed by atoms with Crippen LogP contribution >= 0.6 is 22.6 Å². The van der Waals surface area contributed by atoms with Crippen molar-refractivity contribution >= 4 is 40.1 Å². The SMILES string of the molecule is CC[C@@H](C)Oc1cccc(CN2CC[C@@]3(CC2(C)I)C(=NC2CCCCC2)NC(=O)N3c2cccc(F)c2)c1. The summed E-state index contributed by atoms with van der Waals surface area (Å²) in [7, 11) is 0. The number of alkyl halides is 1. The zero-order chi connectivity index (χ0) is 27.6. The maximum Gasteiger partial charge on any atom is 0.328 e. The van der Waals surface area contributed by atoms with Crippen LogP contribution in [0.2, 0.25) is 0 Å². The van der Waals surface area contributed by atoms with Gasteiger partial charge >= 0.3 is 6.03 Å². The van der Waals surface area contributed by atoms with E-state index >= 15 is 0 Å². The summed E-state index contributed by atoms with van der Waals surface area (Å²) in [5.41, 5.74) is 1.14. The minimum absolute atomic E-state index is 0.174. The zero-order valence-corrected chi connectivity index (χ0v) is 25.4. The van der Waals surface area contributed by atoms with Crippen LogP contribution in [-0.4, -0.2) is 44.5 Å². The van der Waals surface area contributed by atoms with Gasteiger partial charge in [0.15, 0.2) is 0 Å². The molecule has 2 aromatic carbocycles. The molecule has 1 unspecified atom stereocenters. The third kappa shape index (κ3) is 6.11. The Hall–Kier alpha value is -2.20. The van der Waals surface area contributed by atoms with Gasteiger partial charge in [0.1, 0.15) is 22.9 Å². The molecule has 1 aliphatic carbocycles. The topological polar surface area (TPSA) is 57.2 Å². The Morgan fingerprint density at radius 2 is 1.95 bits per heavy atom. The highest BCUT2D eigenvalue weighted by Crippen LogP contribution is 2.47. The molecule has 0 aromatic heterocycles. The smallest absolute Gasteiger partial charge is 0.328 e. The molecule has 3 fully saturated rings. The van der Waals surface area contributed by atoms with Crippen LogP contribution in [0.3, 0.4) is 0 Å². The lowest BCUT2D eigenvalue weighted by Gasteiger charge is -2.51. The van der Waals surface area contributed by atoms with Gasteiger partial charge in [-0.25, -0.2) is 9.18 Å². The number of aliphatic imine (C=N–C) groups is 1. The Morgan fingerprint density at radius 3 is 2.67 bits per heavy atom. The number of hydrogen-bond acceptors (Lipinski definition) is 4. The Labute approximate surface area is 245 Å². The molecule has 2 aliphatic heterocycles. The standard InChI is InChI=1S/C31H40FIN4O2/c1-4-22(2)39-27-15-8-10-23(18-27)20-36-17-16-31(21-30(36,3)33)28(34-25-12-6-5-7-13-25)35-29(38)37(31)26-14-9-11-24(32)19-26/h8-11,14-15,18-19,22,25H,4-7,12-13,16-17,20-21H2,1-3H3,(H,34,35,38)/t22-,30?,31-/m1/s1. The van der Waals surface area contributed by atoms with Gasteiger partial charge in [-0.05, 0) is 75.4 Å². The van der Waals surface area contributed by atoms with Crippen LogP contribution in [0, 0.1) is 5.82 Å². The Kier molecular flexibility index (Phi) is 8.52. The average molecular weight is 647 g/mol. The van der Waals surface area contributed by atoms with Crippen LogP contribution in [0.25, 0.3) is 0 Å². The molecule has 5 rings (SSSR count). The second-order valence-corrected chi connectivity index (χ2v) is 13.8. The van der Waals surface area contributed by atoms with Crippen molar-refractivity contribution in [1.29, 1.82) is 0 Å². The monoisotopic (exact) mass is 646 g/mol. The summed E-state index contributed by atoms with van der Waals surface area (Å²) in [5.74, 6) is 1.31. The number of likely N-dealkylation sites (tertiary alicyclic amines) is 1. The molecule has 1 spiro atoms. The summed E-state index contributed by atoms with van der Waals surface area (Å²) in [6.45, 7) is 8.01. The number of carbonyl (C=O) groups excluding carboxylic acids is 1. The number of carbonyl (C=O) groups is 1. The highest BCUT2D eigenvalue weighted by molar-refractivity contribution is 14.1. The summed E-state index contributed by atoms with van der Waals surface area (Å²) in [5, 5.41) is 3.14. The molecular weight excluding hydrogens is 606 g/mol. The number of hydrogen-bond donors (Lipinski definition) is 1. The van der Waals surface area contributed by atoms with Gasteiger partial charge in [0, 0.05) is 25.2 Å². The molecule has 1 N–H and O–H groups in total. The number of nitrogens with zero attached hydrogens (tertiary/aromatic N) is 3. The lowest BCUT2D eigenvalue weighted by Crippen LogP contribution is -2.62. The van der Waals surface area contributed by atoms with E-state index in [1.54, 1.807) is 11.0 Å². The maximum absolute atomic E-state index is 14.4. The predicted octanol–water partition coefficient (Wildman–Crippen LogP) is 7.45. The van der Waals surface area contributed by atoms with E-state index in [0.29, 0.717) is 12.1 Å². The Morgan fingerprint density at radius 1 is 1.18 bits per heavy atom. The fraction of sp³-hybridized carbons (Fsp3) is 0.548. The Bertz CT molecular complexity index is 1210. The highest BCUT2D eigenvalue weighted by atomic mass is 127. The van der Waals surface area contributed by atoms with Gasteiger partial charge in [-0.3, -0.25) is 20.1 Å². The number of urea groups is 1. The van der Waals surface area contributed by atoms with Crippen LogP contribution in [0.1, 0.15) is 77.7 Å². The summed E-state index contributed by atoms with van der Waals surface area (Å²) in [4.78, 5) is 23.0. The molecule has 6 nitrogen and oxygen atoms in total. The van der Waals surface area contributed by atoms with Crippen molar-refractivity contribution in [3.05, 3.63) is 59.9 Å². The summed E-state index contributed by atoms with van der Waals surface area (Å²) in [6, 6.07) is 14.8. The molecule has 39 heavy (non-hydrogen) atoms.